The van der Waals surface area contributed by atoms with Crippen LogP contribution in [-0.2, 0) is 6.54 Å². The van der Waals surface area contributed by atoms with Gasteiger partial charge in [-0.1, -0.05) is 20.8 Å². The monoisotopic (exact) mass is 238 g/mol. The van der Waals surface area contributed by atoms with Crippen LogP contribution in [0.4, 0.5) is 0 Å². The molecule has 16 heavy (non-hydrogen) atoms. The zero-order valence-electron chi connectivity index (χ0n) is 10.5. The predicted molar refractivity (Wildman–Crippen MR) is 70.8 cm³/mol. The van der Waals surface area contributed by atoms with E-state index in [0.717, 1.165) is 26.2 Å². The van der Waals surface area contributed by atoms with Gasteiger partial charge in [0.2, 0.25) is 0 Å². The number of piperazine rings is 1. The molecule has 0 spiro atoms. The first-order valence-electron chi connectivity index (χ1n) is 6.03. The number of nitrogens with one attached hydrogen (secondary N) is 1. The molecule has 0 bridgehead atoms. The van der Waals surface area contributed by atoms with Crippen molar-refractivity contribution in [2.45, 2.75) is 33.4 Å². The molecular weight excluding hydrogens is 216 g/mol. The molecule has 1 saturated heterocycles. The summed E-state index contributed by atoms with van der Waals surface area (Å²) in [6, 6.07) is 2.88. The van der Waals surface area contributed by atoms with Gasteiger partial charge in [0.25, 0.3) is 0 Å². The van der Waals surface area contributed by atoms with E-state index in [-0.39, 0.29) is 0 Å². The molecule has 0 aromatic carbocycles. The average Bonchev–Trinajstić information content (AvgIpc) is 2.70. The molecule has 1 aliphatic heterocycles. The van der Waals surface area contributed by atoms with E-state index in [2.05, 4.69) is 47.8 Å². The van der Waals surface area contributed by atoms with Crippen LogP contribution in [0.25, 0.3) is 0 Å². The lowest BCUT2D eigenvalue weighted by Crippen LogP contribution is -2.56. The van der Waals surface area contributed by atoms with Gasteiger partial charge in [-0.25, -0.2) is 0 Å². The molecule has 1 unspecified atom stereocenters. The molecule has 1 N–H and O–H groups in total. The van der Waals surface area contributed by atoms with Crippen LogP contribution < -0.4 is 5.32 Å². The third-order valence-electron chi connectivity index (χ3n) is 3.32. The minimum Gasteiger partial charge on any atom is -0.314 e. The fourth-order valence-electron chi connectivity index (χ4n) is 2.41. The van der Waals surface area contributed by atoms with Gasteiger partial charge >= 0.3 is 0 Å². The van der Waals surface area contributed by atoms with Crippen LogP contribution >= 0.6 is 11.3 Å². The van der Waals surface area contributed by atoms with Crippen LogP contribution in [0.5, 0.6) is 0 Å². The number of nitrogens with zero attached hydrogens (tertiary/aromatic N) is 1. The molecule has 1 aliphatic rings. The molecule has 1 aromatic rings. The van der Waals surface area contributed by atoms with Crippen LogP contribution in [0.15, 0.2) is 16.8 Å². The Bertz CT molecular complexity index is 313. The first kappa shape index (κ1) is 12.1. The predicted octanol–water partition coefficient (Wildman–Crippen LogP) is 2.57. The lowest BCUT2D eigenvalue weighted by Gasteiger charge is -2.43. The molecule has 0 radical (unpaired) electrons. The highest BCUT2D eigenvalue weighted by molar-refractivity contribution is 7.07. The Labute approximate surface area is 103 Å². The van der Waals surface area contributed by atoms with Crippen LogP contribution in [-0.4, -0.2) is 30.6 Å². The quantitative estimate of drug-likeness (QED) is 0.852. The molecule has 90 valence electrons. The Morgan fingerprint density at radius 3 is 2.94 bits per heavy atom. The van der Waals surface area contributed by atoms with E-state index in [0.29, 0.717) is 11.5 Å². The van der Waals surface area contributed by atoms with Gasteiger partial charge in [-0.3, -0.25) is 4.90 Å². The summed E-state index contributed by atoms with van der Waals surface area (Å²) < 4.78 is 0. The fraction of sp³-hybridized carbons (Fsp3) is 0.692. The third kappa shape index (κ3) is 2.84. The van der Waals surface area contributed by atoms with Gasteiger partial charge in [-0.2, -0.15) is 11.3 Å². The standard InChI is InChI=1S/C13H22N2S/c1-13(2,3)12-8-14-5-6-15(12)9-11-4-7-16-10-11/h4,7,10,12,14H,5-6,8-9H2,1-3H3. The van der Waals surface area contributed by atoms with Crippen molar-refractivity contribution in [2.75, 3.05) is 19.6 Å². The highest BCUT2D eigenvalue weighted by Crippen LogP contribution is 2.26. The second-order valence-corrected chi connectivity index (χ2v) is 6.47. The van der Waals surface area contributed by atoms with E-state index in [1.165, 1.54) is 5.56 Å². The number of thiophene rings is 1. The van der Waals surface area contributed by atoms with Crippen LogP contribution in [0, 0.1) is 5.41 Å². The summed E-state index contributed by atoms with van der Waals surface area (Å²) in [5.74, 6) is 0. The van der Waals surface area contributed by atoms with Crippen LogP contribution in [0.1, 0.15) is 26.3 Å². The average molecular weight is 238 g/mol. The fourth-order valence-corrected chi connectivity index (χ4v) is 3.07. The molecule has 0 saturated carbocycles. The van der Waals surface area contributed by atoms with Crippen molar-refractivity contribution in [3.8, 4) is 0 Å². The summed E-state index contributed by atoms with van der Waals surface area (Å²) in [7, 11) is 0. The highest BCUT2D eigenvalue weighted by Gasteiger charge is 2.32. The maximum atomic E-state index is 3.51. The first-order chi connectivity index (χ1) is 7.57. The molecular formula is C13H22N2S. The summed E-state index contributed by atoms with van der Waals surface area (Å²) in [6.07, 6.45) is 0. The molecule has 0 aliphatic carbocycles. The van der Waals surface area contributed by atoms with E-state index in [4.69, 9.17) is 0 Å². The van der Waals surface area contributed by atoms with E-state index in [9.17, 15) is 0 Å². The SMILES string of the molecule is CC(C)(C)C1CNCCN1Cc1ccsc1. The van der Waals surface area contributed by atoms with Crippen molar-refractivity contribution in [3.05, 3.63) is 22.4 Å². The molecule has 1 aromatic heterocycles. The molecule has 0 amide bonds. The lowest BCUT2D eigenvalue weighted by atomic mass is 9.84. The van der Waals surface area contributed by atoms with Gasteiger partial charge in [0.1, 0.15) is 0 Å². The van der Waals surface area contributed by atoms with Gasteiger partial charge < -0.3 is 5.32 Å². The Morgan fingerprint density at radius 2 is 2.31 bits per heavy atom. The summed E-state index contributed by atoms with van der Waals surface area (Å²) >= 11 is 1.79. The van der Waals surface area contributed by atoms with Crippen molar-refractivity contribution >= 4 is 11.3 Å². The maximum absolute atomic E-state index is 3.51. The van der Waals surface area contributed by atoms with Crippen molar-refractivity contribution < 1.29 is 0 Å². The number of rotatable bonds is 2. The minimum atomic E-state index is 0.351. The summed E-state index contributed by atoms with van der Waals surface area (Å²) in [5.41, 5.74) is 1.81. The molecule has 2 nitrogen and oxygen atoms in total. The largest absolute Gasteiger partial charge is 0.314 e. The molecule has 2 rings (SSSR count). The van der Waals surface area contributed by atoms with Crippen molar-refractivity contribution in [2.24, 2.45) is 5.41 Å². The van der Waals surface area contributed by atoms with E-state index >= 15 is 0 Å². The zero-order valence-corrected chi connectivity index (χ0v) is 11.3. The Morgan fingerprint density at radius 1 is 1.50 bits per heavy atom. The molecule has 2 heterocycles. The van der Waals surface area contributed by atoms with Gasteiger partial charge in [0, 0.05) is 32.2 Å². The van der Waals surface area contributed by atoms with Crippen molar-refractivity contribution in [3.63, 3.8) is 0 Å². The topological polar surface area (TPSA) is 15.3 Å². The summed E-state index contributed by atoms with van der Waals surface area (Å²) in [6.45, 7) is 11.5. The summed E-state index contributed by atoms with van der Waals surface area (Å²) in [5, 5.41) is 7.95. The van der Waals surface area contributed by atoms with E-state index in [1.54, 1.807) is 11.3 Å². The molecule has 3 heteroatoms. The van der Waals surface area contributed by atoms with Gasteiger partial charge in [0.05, 0.1) is 0 Å². The van der Waals surface area contributed by atoms with Crippen LogP contribution in [0.2, 0.25) is 0 Å². The second kappa shape index (κ2) is 4.86. The van der Waals surface area contributed by atoms with Crippen LogP contribution in [0.3, 0.4) is 0 Å². The smallest absolute Gasteiger partial charge is 0.0273 e. The van der Waals surface area contributed by atoms with Crippen molar-refractivity contribution in [1.82, 2.24) is 10.2 Å². The van der Waals surface area contributed by atoms with E-state index < -0.39 is 0 Å². The van der Waals surface area contributed by atoms with Gasteiger partial charge in [0.15, 0.2) is 0 Å². The highest BCUT2D eigenvalue weighted by atomic mass is 32.1. The Balaban J connectivity index is 2.05. The van der Waals surface area contributed by atoms with Gasteiger partial charge in [-0.05, 0) is 27.8 Å². The zero-order chi connectivity index (χ0) is 11.6. The number of hydrogen-bond donors (Lipinski definition) is 1. The Kier molecular flexibility index (Phi) is 3.67. The molecule has 1 atom stereocenters. The van der Waals surface area contributed by atoms with E-state index in [1.807, 2.05) is 0 Å². The van der Waals surface area contributed by atoms with Gasteiger partial charge in [-0.15, -0.1) is 0 Å². The summed E-state index contributed by atoms with van der Waals surface area (Å²) in [4.78, 5) is 2.62. The molecule has 1 fully saturated rings. The number of hydrogen-bond acceptors (Lipinski definition) is 3. The normalized spacial score (nSPS) is 23.6. The Hall–Kier alpha value is -0.380. The lowest BCUT2D eigenvalue weighted by molar-refractivity contribution is 0.0690. The minimum absolute atomic E-state index is 0.351. The maximum Gasteiger partial charge on any atom is 0.0273 e. The third-order valence-corrected chi connectivity index (χ3v) is 4.05. The first-order valence-corrected chi connectivity index (χ1v) is 6.97. The van der Waals surface area contributed by atoms with Crippen molar-refractivity contribution in [1.29, 1.82) is 0 Å². The second-order valence-electron chi connectivity index (χ2n) is 5.69.